The van der Waals surface area contributed by atoms with E-state index in [0.717, 1.165) is 25.7 Å². The molecule has 1 unspecified atom stereocenters. The average Bonchev–Trinajstić information content (AvgIpc) is 3.38. The SMILES string of the molecule is Cc1cc(NC(=O)NC2N=C(c3ccccc3F)c3ccccc3N(CC(=O)N3CC4CCC(CC4)C3)C2=O)ccc1O. The van der Waals surface area contributed by atoms with E-state index < -0.39 is 23.9 Å². The predicted octanol–water partition coefficient (Wildman–Crippen LogP) is 4.82. The second-order valence-corrected chi connectivity index (χ2v) is 11.6. The normalized spacial score (nSPS) is 21.4. The fraction of sp³-hybridized carbons (Fsp3) is 0.333. The molecule has 3 aliphatic heterocycles. The molecule has 222 valence electrons. The number of aromatic hydroxyl groups is 1. The number of carbonyl (C=O) groups excluding carboxylic acids is 3. The van der Waals surface area contributed by atoms with Crippen LogP contribution < -0.4 is 15.5 Å². The van der Waals surface area contributed by atoms with E-state index in [1.165, 1.54) is 23.1 Å². The first-order valence-electron chi connectivity index (χ1n) is 14.6. The lowest BCUT2D eigenvalue weighted by Gasteiger charge is -2.29. The number of rotatable bonds is 5. The Bertz CT molecular complexity index is 1590. The van der Waals surface area contributed by atoms with Crippen LogP contribution in [0.15, 0.2) is 71.7 Å². The Morgan fingerprint density at radius 1 is 0.953 bits per heavy atom. The average molecular weight is 584 g/mol. The van der Waals surface area contributed by atoms with Gasteiger partial charge in [-0.25, -0.2) is 14.2 Å². The second kappa shape index (κ2) is 11.9. The van der Waals surface area contributed by atoms with E-state index in [0.29, 0.717) is 47.4 Å². The maximum Gasteiger partial charge on any atom is 0.321 e. The zero-order valence-electron chi connectivity index (χ0n) is 23.9. The maximum absolute atomic E-state index is 15.2. The van der Waals surface area contributed by atoms with Crippen LogP contribution >= 0.6 is 0 Å². The number of benzodiazepines with no additional fused rings is 1. The second-order valence-electron chi connectivity index (χ2n) is 11.6. The number of aryl methyl sites for hydroxylation is 1. The Labute approximate surface area is 249 Å². The van der Waals surface area contributed by atoms with E-state index in [9.17, 15) is 19.5 Å². The molecule has 3 N–H and O–H groups in total. The van der Waals surface area contributed by atoms with Crippen LogP contribution in [0.3, 0.4) is 0 Å². The van der Waals surface area contributed by atoms with E-state index in [4.69, 9.17) is 0 Å². The molecule has 0 radical (unpaired) electrons. The van der Waals surface area contributed by atoms with Crippen molar-refractivity contribution < 1.29 is 23.9 Å². The zero-order chi connectivity index (χ0) is 30.1. The van der Waals surface area contributed by atoms with E-state index in [1.807, 2.05) is 4.90 Å². The smallest absolute Gasteiger partial charge is 0.321 e. The van der Waals surface area contributed by atoms with Crippen molar-refractivity contribution in [3.05, 3.63) is 89.2 Å². The molecular weight excluding hydrogens is 549 g/mol. The van der Waals surface area contributed by atoms with Crippen LogP contribution in [0.4, 0.5) is 20.6 Å². The van der Waals surface area contributed by atoms with Gasteiger partial charge in [-0.3, -0.25) is 14.5 Å². The Balaban J connectivity index is 1.35. The van der Waals surface area contributed by atoms with Gasteiger partial charge in [-0.05, 0) is 86.4 Å². The third-order valence-corrected chi connectivity index (χ3v) is 8.63. The van der Waals surface area contributed by atoms with Gasteiger partial charge in [0.15, 0.2) is 0 Å². The Morgan fingerprint density at radius 2 is 1.60 bits per heavy atom. The summed E-state index contributed by atoms with van der Waals surface area (Å²) in [6.07, 6.45) is 3.00. The summed E-state index contributed by atoms with van der Waals surface area (Å²) in [5.74, 6) is -0.295. The van der Waals surface area contributed by atoms with Crippen LogP contribution in [0, 0.1) is 24.6 Å². The van der Waals surface area contributed by atoms with Gasteiger partial charge in [-0.2, -0.15) is 0 Å². The number of phenols is 1. The predicted molar refractivity (Wildman–Crippen MR) is 162 cm³/mol. The Morgan fingerprint density at radius 3 is 2.28 bits per heavy atom. The number of fused-ring (bicyclic) bond motifs is 5. The molecule has 4 aliphatic rings. The first-order chi connectivity index (χ1) is 20.8. The number of phenolic OH excluding ortho intramolecular Hbond substituents is 1. The minimum absolute atomic E-state index is 0.0829. The quantitative estimate of drug-likeness (QED) is 0.374. The van der Waals surface area contributed by atoms with Gasteiger partial charge in [-0.15, -0.1) is 0 Å². The van der Waals surface area contributed by atoms with Gasteiger partial charge in [-0.1, -0.05) is 30.3 Å². The van der Waals surface area contributed by atoms with Crippen LogP contribution in [0.5, 0.6) is 5.75 Å². The maximum atomic E-state index is 15.2. The summed E-state index contributed by atoms with van der Waals surface area (Å²) in [4.78, 5) is 48.9. The molecular formula is C33H34FN5O4. The highest BCUT2D eigenvalue weighted by atomic mass is 19.1. The van der Waals surface area contributed by atoms with Gasteiger partial charge >= 0.3 is 6.03 Å². The van der Waals surface area contributed by atoms with Gasteiger partial charge < -0.3 is 20.6 Å². The molecule has 7 rings (SSSR count). The number of hydrogen-bond donors (Lipinski definition) is 3. The molecule has 1 aliphatic carbocycles. The van der Waals surface area contributed by atoms with Crippen LogP contribution in [-0.4, -0.2) is 59.4 Å². The van der Waals surface area contributed by atoms with E-state index in [2.05, 4.69) is 15.6 Å². The van der Waals surface area contributed by atoms with Crippen molar-refractivity contribution >= 4 is 34.9 Å². The molecule has 1 saturated carbocycles. The van der Waals surface area contributed by atoms with E-state index >= 15 is 4.39 Å². The fourth-order valence-electron chi connectivity index (χ4n) is 6.31. The molecule has 0 spiro atoms. The van der Waals surface area contributed by atoms with Crippen molar-refractivity contribution in [3.63, 3.8) is 0 Å². The van der Waals surface area contributed by atoms with Crippen LogP contribution in [0.1, 0.15) is 42.4 Å². The lowest BCUT2D eigenvalue weighted by molar-refractivity contribution is -0.132. The summed E-state index contributed by atoms with van der Waals surface area (Å²) < 4.78 is 15.2. The largest absolute Gasteiger partial charge is 0.508 e. The highest BCUT2D eigenvalue weighted by molar-refractivity contribution is 6.21. The molecule has 3 aromatic rings. The number of para-hydroxylation sites is 1. The number of halogens is 1. The first-order valence-corrected chi connectivity index (χ1v) is 14.6. The van der Waals surface area contributed by atoms with Crippen LogP contribution in [-0.2, 0) is 9.59 Å². The molecule has 43 heavy (non-hydrogen) atoms. The molecule has 3 fully saturated rings. The van der Waals surface area contributed by atoms with Crippen LogP contribution in [0.2, 0.25) is 0 Å². The molecule has 2 bridgehead atoms. The fourth-order valence-corrected chi connectivity index (χ4v) is 6.31. The summed E-state index contributed by atoms with van der Waals surface area (Å²) in [7, 11) is 0. The molecule has 0 aromatic heterocycles. The van der Waals surface area contributed by atoms with Crippen molar-refractivity contribution in [1.82, 2.24) is 10.2 Å². The summed E-state index contributed by atoms with van der Waals surface area (Å²) >= 11 is 0. The third-order valence-electron chi connectivity index (χ3n) is 8.63. The minimum Gasteiger partial charge on any atom is -0.508 e. The summed E-state index contributed by atoms with van der Waals surface area (Å²) in [6, 6.07) is 16.9. The number of anilines is 2. The molecule has 1 atom stereocenters. The molecule has 2 saturated heterocycles. The van der Waals surface area contributed by atoms with Gasteiger partial charge in [0.05, 0.1) is 11.4 Å². The zero-order valence-corrected chi connectivity index (χ0v) is 23.9. The number of carbonyl (C=O) groups is 3. The third kappa shape index (κ3) is 5.95. The van der Waals surface area contributed by atoms with Crippen LogP contribution in [0.25, 0.3) is 0 Å². The molecule has 4 amide bonds. The van der Waals surface area contributed by atoms with E-state index in [-0.39, 0.29) is 29.5 Å². The lowest BCUT2D eigenvalue weighted by atomic mass is 9.84. The van der Waals surface area contributed by atoms with Crippen molar-refractivity contribution in [2.75, 3.05) is 29.9 Å². The molecule has 10 heteroatoms. The van der Waals surface area contributed by atoms with Gasteiger partial charge in [0.2, 0.25) is 12.1 Å². The molecule has 9 nitrogen and oxygen atoms in total. The highest BCUT2D eigenvalue weighted by Crippen LogP contribution is 2.34. The number of benzene rings is 3. The van der Waals surface area contributed by atoms with Crippen molar-refractivity contribution in [2.45, 2.75) is 38.8 Å². The van der Waals surface area contributed by atoms with Gasteiger partial charge in [0, 0.05) is 29.9 Å². The number of urea groups is 1. The molecule has 3 aromatic carbocycles. The molecule has 3 heterocycles. The highest BCUT2D eigenvalue weighted by Gasteiger charge is 2.37. The Hall–Kier alpha value is -4.73. The van der Waals surface area contributed by atoms with Crippen molar-refractivity contribution in [3.8, 4) is 5.75 Å². The monoisotopic (exact) mass is 583 g/mol. The van der Waals surface area contributed by atoms with Crippen molar-refractivity contribution in [1.29, 1.82) is 0 Å². The lowest BCUT2D eigenvalue weighted by Crippen LogP contribution is -2.51. The number of hydrogen-bond acceptors (Lipinski definition) is 5. The summed E-state index contributed by atoms with van der Waals surface area (Å²) in [5.41, 5.74) is 2.21. The minimum atomic E-state index is -1.45. The summed E-state index contributed by atoms with van der Waals surface area (Å²) in [5, 5.41) is 15.1. The topological polar surface area (TPSA) is 114 Å². The number of nitrogens with zero attached hydrogens (tertiary/aromatic N) is 3. The number of aliphatic imine (C=N–C) groups is 1. The summed E-state index contributed by atoms with van der Waals surface area (Å²) in [6.45, 7) is 2.81. The number of amides is 4. The standard InChI is InChI=1S/C33H34FN5O4/c1-20-16-23(14-15-28(20)40)35-33(43)37-31-32(42)39(19-29(41)38-17-21-10-11-22(18-38)13-12-21)27-9-5-3-7-25(27)30(36-31)24-6-2-4-8-26(24)34/h2-9,14-16,21-22,31,40H,10-13,17-19H2,1H3,(H2,35,37,43). The number of nitrogens with one attached hydrogen (secondary N) is 2. The first kappa shape index (κ1) is 28.4. The Kier molecular flexibility index (Phi) is 7.84. The van der Waals surface area contributed by atoms with E-state index in [1.54, 1.807) is 55.5 Å². The van der Waals surface area contributed by atoms with Gasteiger partial charge in [0.1, 0.15) is 18.1 Å². The van der Waals surface area contributed by atoms with Gasteiger partial charge in [0.25, 0.3) is 5.91 Å². The van der Waals surface area contributed by atoms with Crippen molar-refractivity contribution in [2.24, 2.45) is 16.8 Å².